The molecule has 0 radical (unpaired) electrons. The zero-order valence-corrected chi connectivity index (χ0v) is 19.5. The average Bonchev–Trinajstić information content (AvgIpc) is 2.71. The van der Waals surface area contributed by atoms with Gasteiger partial charge in [-0.15, -0.1) is 0 Å². The number of carbonyl (C=O) groups is 1. The number of allylic oxidation sites excluding steroid dienone is 2. The van der Waals surface area contributed by atoms with Crippen molar-refractivity contribution >= 4 is 26.8 Å². The van der Waals surface area contributed by atoms with E-state index in [2.05, 4.69) is 20.3 Å². The van der Waals surface area contributed by atoms with E-state index in [1.807, 2.05) is 0 Å². The van der Waals surface area contributed by atoms with Crippen molar-refractivity contribution in [2.24, 2.45) is 4.99 Å². The van der Waals surface area contributed by atoms with Crippen molar-refractivity contribution in [3.8, 4) is 11.6 Å². The summed E-state index contributed by atoms with van der Waals surface area (Å²) in [6, 6.07) is 0. The van der Waals surface area contributed by atoms with Gasteiger partial charge in [0.05, 0.1) is 11.8 Å². The minimum Gasteiger partial charge on any atom is -0.501 e. The summed E-state index contributed by atoms with van der Waals surface area (Å²) < 4.78 is 34.5. The van der Waals surface area contributed by atoms with Crippen molar-refractivity contribution in [2.75, 3.05) is 24.7 Å². The highest BCUT2D eigenvalue weighted by Crippen LogP contribution is 2.34. The Morgan fingerprint density at radius 1 is 1.25 bits per heavy atom. The average molecular weight is 468 g/mol. The third-order valence-electron chi connectivity index (χ3n) is 5.12. The summed E-state index contributed by atoms with van der Waals surface area (Å²) in [7, 11) is -3.34. The van der Waals surface area contributed by atoms with Crippen LogP contribution in [0.25, 0.3) is 0 Å². The molecule has 0 aliphatic carbocycles. The van der Waals surface area contributed by atoms with Gasteiger partial charge in [-0.2, -0.15) is 4.98 Å². The van der Waals surface area contributed by atoms with Crippen molar-refractivity contribution in [1.29, 1.82) is 0 Å². The molecular weight excluding hydrogens is 438 g/mol. The first-order valence-electron chi connectivity index (χ1n) is 10.4. The van der Waals surface area contributed by atoms with Crippen LogP contribution in [-0.2, 0) is 14.6 Å². The number of likely N-dealkylation sites (tertiary alicyclic amines) is 1. The summed E-state index contributed by atoms with van der Waals surface area (Å²) in [5, 5.41) is 13.8. The maximum absolute atomic E-state index is 12.0. The molecule has 176 valence electrons. The molecule has 1 fully saturated rings. The van der Waals surface area contributed by atoms with Crippen LogP contribution in [-0.4, -0.2) is 71.1 Å². The van der Waals surface area contributed by atoms with Crippen LogP contribution in [0.3, 0.4) is 0 Å². The zero-order chi connectivity index (χ0) is 23.5. The van der Waals surface area contributed by atoms with Gasteiger partial charge in [-0.1, -0.05) is 0 Å². The number of aromatic nitrogens is 2. The lowest BCUT2D eigenvalue weighted by atomic mass is 10.1. The normalized spacial score (nSPS) is 17.9. The Kier molecular flexibility index (Phi) is 7.22. The second-order valence-corrected chi connectivity index (χ2v) is 10.1. The van der Waals surface area contributed by atoms with Gasteiger partial charge in [0, 0.05) is 44.3 Å². The largest absolute Gasteiger partial charge is 0.501 e. The van der Waals surface area contributed by atoms with Gasteiger partial charge < -0.3 is 24.8 Å². The Balaban J connectivity index is 1.65. The fraction of sp³-hybridized carbons (Fsp3) is 0.600. The van der Waals surface area contributed by atoms with Crippen molar-refractivity contribution in [3.05, 3.63) is 17.7 Å². The molecule has 0 spiro atoms. The second-order valence-electron chi connectivity index (χ2n) is 8.08. The quantitative estimate of drug-likeness (QED) is 0.667. The molecule has 2 aliphatic rings. The Morgan fingerprint density at radius 2 is 1.94 bits per heavy atom. The number of aromatic hydroxyl groups is 1. The zero-order valence-electron chi connectivity index (χ0n) is 18.7. The second kappa shape index (κ2) is 9.72. The number of hydrogen-bond acceptors (Lipinski definition) is 10. The maximum atomic E-state index is 12.0. The number of sulfone groups is 1. The lowest BCUT2D eigenvalue weighted by Crippen LogP contribution is -2.42. The van der Waals surface area contributed by atoms with Crippen LogP contribution in [0.5, 0.6) is 11.6 Å². The van der Waals surface area contributed by atoms with E-state index in [1.54, 1.807) is 25.7 Å². The highest BCUT2D eigenvalue weighted by atomic mass is 32.2. The van der Waals surface area contributed by atoms with Crippen molar-refractivity contribution in [1.82, 2.24) is 14.9 Å². The van der Waals surface area contributed by atoms with Gasteiger partial charge in [0.1, 0.15) is 17.5 Å². The number of aliphatic imine (C=N–C) groups is 1. The highest BCUT2D eigenvalue weighted by molar-refractivity contribution is 8.05. The number of carbonyl (C=O) groups excluding carboxylic acids is 1. The summed E-state index contributed by atoms with van der Waals surface area (Å²) in [5.74, 6) is -0.0484. The first-order valence-corrected chi connectivity index (χ1v) is 12.3. The molecule has 12 heteroatoms. The van der Waals surface area contributed by atoms with E-state index < -0.39 is 9.84 Å². The van der Waals surface area contributed by atoms with E-state index in [9.17, 15) is 18.3 Å². The molecule has 2 aliphatic heterocycles. The summed E-state index contributed by atoms with van der Waals surface area (Å²) in [6.07, 6.45) is 3.52. The predicted molar refractivity (Wildman–Crippen MR) is 118 cm³/mol. The number of anilines is 1. The predicted octanol–water partition coefficient (Wildman–Crippen LogP) is 2.45. The van der Waals surface area contributed by atoms with Gasteiger partial charge in [-0.05, 0) is 27.2 Å². The highest BCUT2D eigenvalue weighted by Gasteiger charge is 2.27. The molecule has 1 aromatic rings. The topological polar surface area (TPSA) is 143 Å². The standard InChI is InChI=1S/C20H29N5O6S/c1-12(2)30-20(27)25-9-7-14(8-10-25)31-19-17(26)18(21-11-22-19)24-15-5-6-16(23-13(15)3)32(4,28)29/h11-12,14,26H,5-10H2,1-4H3,(H,21,22,24). The van der Waals surface area contributed by atoms with Gasteiger partial charge in [-0.25, -0.2) is 23.2 Å². The van der Waals surface area contributed by atoms with Crippen LogP contribution in [0.1, 0.15) is 46.5 Å². The van der Waals surface area contributed by atoms with Crippen LogP contribution >= 0.6 is 0 Å². The molecule has 0 aromatic carbocycles. The number of hydrogen-bond donors (Lipinski definition) is 2. The fourth-order valence-electron chi connectivity index (χ4n) is 3.42. The van der Waals surface area contributed by atoms with Crippen LogP contribution < -0.4 is 10.1 Å². The van der Waals surface area contributed by atoms with Crippen LogP contribution in [0, 0.1) is 0 Å². The fourth-order valence-corrected chi connectivity index (χ4v) is 4.19. The molecule has 0 saturated carbocycles. The summed E-state index contributed by atoms with van der Waals surface area (Å²) in [5.41, 5.74) is 1.17. The first kappa shape index (κ1) is 23.8. The number of piperidine rings is 1. The Bertz CT molecular complexity index is 1030. The number of amides is 1. The number of ether oxygens (including phenoxy) is 2. The smallest absolute Gasteiger partial charge is 0.410 e. The lowest BCUT2D eigenvalue weighted by molar-refractivity contribution is 0.0500. The van der Waals surface area contributed by atoms with E-state index in [0.717, 1.165) is 6.26 Å². The van der Waals surface area contributed by atoms with Crippen molar-refractivity contribution < 1.29 is 27.8 Å². The van der Waals surface area contributed by atoms with Gasteiger partial charge >= 0.3 is 6.09 Å². The summed E-state index contributed by atoms with van der Waals surface area (Å²) >= 11 is 0. The molecule has 0 atom stereocenters. The summed E-state index contributed by atoms with van der Waals surface area (Å²) in [4.78, 5) is 25.9. The van der Waals surface area contributed by atoms with Gasteiger partial charge in [0.2, 0.25) is 5.75 Å². The Labute approximate surface area is 187 Å². The van der Waals surface area contributed by atoms with Crippen LogP contribution in [0.4, 0.5) is 10.6 Å². The molecule has 3 rings (SSSR count). The van der Waals surface area contributed by atoms with Gasteiger partial charge in [-0.3, -0.25) is 0 Å². The van der Waals surface area contributed by atoms with Crippen molar-refractivity contribution in [2.45, 2.75) is 58.7 Å². The third-order valence-corrected chi connectivity index (χ3v) is 6.27. The van der Waals surface area contributed by atoms with E-state index in [0.29, 0.717) is 43.7 Å². The molecule has 32 heavy (non-hydrogen) atoms. The molecule has 0 unspecified atom stereocenters. The molecule has 2 N–H and O–H groups in total. The van der Waals surface area contributed by atoms with E-state index in [-0.39, 0.29) is 47.2 Å². The molecular formula is C20H29N5O6S. The SMILES string of the molecule is CC1=C(Nc2ncnc(OC3CCN(C(=O)OC(C)C)CC3)c2O)CCC(S(C)(=O)=O)=N1. The van der Waals surface area contributed by atoms with E-state index in [1.165, 1.54) is 6.33 Å². The van der Waals surface area contributed by atoms with Crippen LogP contribution in [0.15, 0.2) is 22.7 Å². The molecule has 1 amide bonds. The van der Waals surface area contributed by atoms with E-state index in [4.69, 9.17) is 9.47 Å². The van der Waals surface area contributed by atoms with E-state index >= 15 is 0 Å². The third kappa shape index (κ3) is 5.87. The number of nitrogens with zero attached hydrogens (tertiary/aromatic N) is 4. The molecule has 1 aromatic heterocycles. The monoisotopic (exact) mass is 467 g/mol. The summed E-state index contributed by atoms with van der Waals surface area (Å²) in [6.45, 7) is 6.28. The van der Waals surface area contributed by atoms with Gasteiger partial charge in [0.25, 0.3) is 5.88 Å². The number of rotatable bonds is 5. The molecule has 1 saturated heterocycles. The Morgan fingerprint density at radius 3 is 2.53 bits per heavy atom. The lowest BCUT2D eigenvalue weighted by Gasteiger charge is -2.31. The van der Waals surface area contributed by atoms with Gasteiger partial charge in [0.15, 0.2) is 15.7 Å². The molecule has 3 heterocycles. The molecule has 0 bridgehead atoms. The maximum Gasteiger partial charge on any atom is 0.410 e. The molecule has 11 nitrogen and oxygen atoms in total. The minimum atomic E-state index is -3.34. The van der Waals surface area contributed by atoms with Crippen molar-refractivity contribution in [3.63, 3.8) is 0 Å². The number of nitrogens with one attached hydrogen (secondary N) is 1. The first-order chi connectivity index (χ1) is 15.0. The van der Waals surface area contributed by atoms with Crippen LogP contribution in [0.2, 0.25) is 0 Å². The minimum absolute atomic E-state index is 0.0418. The Hall–Kier alpha value is -2.89.